The molecule has 0 atom stereocenters. The van der Waals surface area contributed by atoms with Crippen molar-refractivity contribution in [1.82, 2.24) is 10.0 Å². The lowest BCUT2D eigenvalue weighted by molar-refractivity contribution is 0.341. The van der Waals surface area contributed by atoms with Gasteiger partial charge < -0.3 is 5.32 Å². The Bertz CT molecular complexity index is 511. The summed E-state index contributed by atoms with van der Waals surface area (Å²) in [6.45, 7) is 9.71. The lowest BCUT2D eigenvalue weighted by Crippen LogP contribution is -2.47. The highest BCUT2D eigenvalue weighted by Gasteiger charge is 2.31. The van der Waals surface area contributed by atoms with Gasteiger partial charge in [0.2, 0.25) is 10.0 Å². The highest BCUT2D eigenvalue weighted by molar-refractivity contribution is 7.89. The van der Waals surface area contributed by atoms with Crippen LogP contribution in [0.25, 0.3) is 0 Å². The minimum atomic E-state index is -3.46. The molecule has 0 radical (unpaired) electrons. The van der Waals surface area contributed by atoms with Crippen LogP contribution in [0.5, 0.6) is 0 Å². The topological polar surface area (TPSA) is 58.2 Å². The summed E-state index contributed by atoms with van der Waals surface area (Å²) >= 11 is 1.49. The Balaban J connectivity index is 2.95. The first-order chi connectivity index (χ1) is 9.94. The first-order valence-electron chi connectivity index (χ1n) is 7.75. The van der Waals surface area contributed by atoms with Crippen molar-refractivity contribution in [2.75, 3.05) is 6.54 Å². The molecule has 1 aromatic heterocycles. The lowest BCUT2D eigenvalue weighted by Gasteiger charge is -2.31. The van der Waals surface area contributed by atoms with E-state index in [9.17, 15) is 8.42 Å². The third-order valence-corrected chi connectivity index (χ3v) is 6.80. The molecule has 21 heavy (non-hydrogen) atoms. The van der Waals surface area contributed by atoms with Crippen LogP contribution in [-0.2, 0) is 16.6 Å². The van der Waals surface area contributed by atoms with Crippen molar-refractivity contribution in [2.24, 2.45) is 0 Å². The zero-order chi connectivity index (χ0) is 15.9. The van der Waals surface area contributed by atoms with E-state index in [1.54, 1.807) is 6.07 Å². The summed E-state index contributed by atoms with van der Waals surface area (Å²) < 4.78 is 28.4. The van der Waals surface area contributed by atoms with Crippen LogP contribution in [0, 0.1) is 0 Å². The van der Waals surface area contributed by atoms with E-state index in [0.717, 1.165) is 37.1 Å². The van der Waals surface area contributed by atoms with E-state index >= 15 is 0 Å². The predicted octanol–water partition coefficient (Wildman–Crippen LogP) is 3.49. The fraction of sp³-hybridized carbons (Fsp3) is 0.733. The summed E-state index contributed by atoms with van der Waals surface area (Å²) in [6.07, 6.45) is 3.43. The van der Waals surface area contributed by atoms with Crippen molar-refractivity contribution in [2.45, 2.75) is 70.4 Å². The standard InChI is InChI=1S/C15H28N2O2S2/c1-5-10-16-12-13-14(9-11-20-13)21(18,19)17-15(6-2,7-3)8-4/h9,11,16-17H,5-8,10,12H2,1-4H3. The molecule has 0 fully saturated rings. The number of hydrogen-bond acceptors (Lipinski definition) is 4. The molecule has 0 aliphatic rings. The zero-order valence-corrected chi connectivity index (χ0v) is 15.2. The van der Waals surface area contributed by atoms with Crippen LogP contribution in [0.15, 0.2) is 16.3 Å². The molecule has 0 unspecified atom stereocenters. The Labute approximate surface area is 133 Å². The number of hydrogen-bond donors (Lipinski definition) is 2. The van der Waals surface area contributed by atoms with E-state index < -0.39 is 10.0 Å². The second kappa shape index (κ2) is 8.27. The van der Waals surface area contributed by atoms with Gasteiger partial charge in [0.05, 0.1) is 4.90 Å². The largest absolute Gasteiger partial charge is 0.312 e. The maximum Gasteiger partial charge on any atom is 0.242 e. The van der Waals surface area contributed by atoms with Gasteiger partial charge in [0.15, 0.2) is 0 Å². The molecule has 0 saturated carbocycles. The summed E-state index contributed by atoms with van der Waals surface area (Å²) in [5.41, 5.74) is -0.338. The molecular formula is C15H28N2O2S2. The van der Waals surface area contributed by atoms with E-state index in [1.807, 2.05) is 26.2 Å². The molecule has 6 heteroatoms. The van der Waals surface area contributed by atoms with Crippen LogP contribution in [0.2, 0.25) is 0 Å². The third kappa shape index (κ3) is 4.77. The van der Waals surface area contributed by atoms with Crippen molar-refractivity contribution in [1.29, 1.82) is 0 Å². The Morgan fingerprint density at radius 1 is 1.14 bits per heavy atom. The molecule has 0 bridgehead atoms. The predicted molar refractivity (Wildman–Crippen MR) is 90.2 cm³/mol. The highest BCUT2D eigenvalue weighted by atomic mass is 32.2. The second-order valence-corrected chi connectivity index (χ2v) is 7.98. The van der Waals surface area contributed by atoms with Crippen molar-refractivity contribution < 1.29 is 8.42 Å². The van der Waals surface area contributed by atoms with Gasteiger partial charge in [-0.1, -0.05) is 27.7 Å². The van der Waals surface area contributed by atoms with Crippen LogP contribution in [0.1, 0.15) is 58.3 Å². The van der Waals surface area contributed by atoms with Crippen LogP contribution in [0.4, 0.5) is 0 Å². The van der Waals surface area contributed by atoms with Crippen LogP contribution in [0.3, 0.4) is 0 Å². The monoisotopic (exact) mass is 332 g/mol. The summed E-state index contributed by atoms with van der Waals surface area (Å²) in [4.78, 5) is 1.31. The quantitative estimate of drug-likeness (QED) is 0.645. The number of sulfonamides is 1. The van der Waals surface area contributed by atoms with Gasteiger partial charge in [-0.05, 0) is 43.7 Å². The molecule has 2 N–H and O–H groups in total. The highest BCUT2D eigenvalue weighted by Crippen LogP contribution is 2.26. The molecule has 0 amide bonds. The molecule has 0 aromatic carbocycles. The molecule has 1 aromatic rings. The molecular weight excluding hydrogens is 304 g/mol. The van der Waals surface area contributed by atoms with Gasteiger partial charge in [0.25, 0.3) is 0 Å². The molecule has 0 spiro atoms. The van der Waals surface area contributed by atoms with E-state index in [1.165, 1.54) is 11.3 Å². The molecule has 1 heterocycles. The van der Waals surface area contributed by atoms with E-state index in [2.05, 4.69) is 17.0 Å². The fourth-order valence-electron chi connectivity index (χ4n) is 2.38. The minimum absolute atomic E-state index is 0.338. The van der Waals surface area contributed by atoms with E-state index in [0.29, 0.717) is 11.4 Å². The minimum Gasteiger partial charge on any atom is -0.312 e. The molecule has 0 aliphatic heterocycles. The molecule has 0 saturated heterocycles. The maximum atomic E-state index is 12.7. The number of rotatable bonds is 10. The van der Waals surface area contributed by atoms with E-state index in [-0.39, 0.29) is 5.54 Å². The van der Waals surface area contributed by atoms with Crippen LogP contribution >= 0.6 is 11.3 Å². The normalized spacial score (nSPS) is 12.8. The number of thiophene rings is 1. The Morgan fingerprint density at radius 2 is 1.76 bits per heavy atom. The zero-order valence-electron chi connectivity index (χ0n) is 13.5. The molecule has 4 nitrogen and oxygen atoms in total. The summed E-state index contributed by atoms with van der Waals surface area (Å²) in [5.74, 6) is 0. The van der Waals surface area contributed by atoms with Crippen molar-refractivity contribution in [3.63, 3.8) is 0 Å². The summed E-state index contributed by atoms with van der Waals surface area (Å²) in [5, 5.41) is 5.12. The first-order valence-corrected chi connectivity index (χ1v) is 10.1. The molecule has 0 aliphatic carbocycles. The average molecular weight is 333 g/mol. The fourth-order valence-corrected chi connectivity index (χ4v) is 5.41. The Hall–Kier alpha value is -0.430. The van der Waals surface area contributed by atoms with Gasteiger partial charge in [0.1, 0.15) is 0 Å². The average Bonchev–Trinajstić information content (AvgIpc) is 2.95. The van der Waals surface area contributed by atoms with E-state index in [4.69, 9.17) is 0 Å². The van der Waals surface area contributed by atoms with Gasteiger partial charge in [-0.15, -0.1) is 11.3 Å². The van der Waals surface area contributed by atoms with Gasteiger partial charge in [-0.25, -0.2) is 13.1 Å². The first kappa shape index (κ1) is 18.6. The second-order valence-electron chi connectivity index (χ2n) is 5.33. The Kier molecular flexibility index (Phi) is 7.33. The summed E-state index contributed by atoms with van der Waals surface area (Å²) in [7, 11) is -3.46. The van der Waals surface area contributed by atoms with Crippen LogP contribution < -0.4 is 10.0 Å². The Morgan fingerprint density at radius 3 is 2.29 bits per heavy atom. The van der Waals surface area contributed by atoms with Gasteiger partial charge in [-0.3, -0.25) is 0 Å². The van der Waals surface area contributed by atoms with Crippen LogP contribution in [-0.4, -0.2) is 20.5 Å². The van der Waals surface area contributed by atoms with Gasteiger partial charge in [-0.2, -0.15) is 0 Å². The lowest BCUT2D eigenvalue weighted by atomic mass is 9.91. The van der Waals surface area contributed by atoms with Crippen molar-refractivity contribution in [3.8, 4) is 0 Å². The van der Waals surface area contributed by atoms with Gasteiger partial charge in [0, 0.05) is 17.0 Å². The number of nitrogens with one attached hydrogen (secondary N) is 2. The SMILES string of the molecule is CCCNCc1sccc1S(=O)(=O)NC(CC)(CC)CC. The van der Waals surface area contributed by atoms with Gasteiger partial charge >= 0.3 is 0 Å². The maximum absolute atomic E-state index is 12.7. The summed E-state index contributed by atoms with van der Waals surface area (Å²) in [6, 6.07) is 1.71. The third-order valence-electron chi connectivity index (χ3n) is 4.09. The van der Waals surface area contributed by atoms with Crippen molar-refractivity contribution in [3.05, 3.63) is 16.3 Å². The molecule has 1 rings (SSSR count). The van der Waals surface area contributed by atoms with Crippen molar-refractivity contribution >= 4 is 21.4 Å². The smallest absolute Gasteiger partial charge is 0.242 e. The molecule has 122 valence electrons.